The molecule has 1 saturated heterocycles. The van der Waals surface area contributed by atoms with Crippen LogP contribution in [0.5, 0.6) is 0 Å². The monoisotopic (exact) mass is 207 g/mol. The Bertz CT molecular complexity index is 307. The highest BCUT2D eigenvalue weighted by Crippen LogP contribution is 2.32. The van der Waals surface area contributed by atoms with Crippen LogP contribution in [0.2, 0.25) is 0 Å². The first-order valence-corrected chi connectivity index (χ1v) is 5.60. The van der Waals surface area contributed by atoms with E-state index >= 15 is 0 Å². The molecule has 3 nitrogen and oxygen atoms in total. The molecular weight excluding hydrogens is 190 g/mol. The van der Waals surface area contributed by atoms with Gasteiger partial charge in [0.2, 0.25) is 0 Å². The number of fused-ring (bicyclic) bond motifs is 1. The van der Waals surface area contributed by atoms with Crippen LogP contribution in [-0.2, 0) is 9.53 Å². The number of nitrogens with one attached hydrogen (secondary N) is 1. The van der Waals surface area contributed by atoms with E-state index in [9.17, 15) is 4.79 Å². The smallest absolute Gasteiger partial charge is 0.309 e. The van der Waals surface area contributed by atoms with E-state index in [2.05, 4.69) is 17.5 Å². The van der Waals surface area contributed by atoms with Gasteiger partial charge in [0.1, 0.15) is 0 Å². The first-order valence-electron chi connectivity index (χ1n) is 5.60. The lowest BCUT2D eigenvalue weighted by molar-refractivity contribution is -0.149. The lowest BCUT2D eigenvalue weighted by atomic mass is 9.87. The number of ether oxygens (including phenoxy) is 1. The highest BCUT2D eigenvalue weighted by Gasteiger charge is 2.34. The van der Waals surface area contributed by atoms with Crippen molar-refractivity contribution in [2.45, 2.75) is 19.8 Å². The molecule has 1 fully saturated rings. The average Bonchev–Trinajstić information content (AvgIpc) is 2.58. The Labute approximate surface area is 90.2 Å². The maximum absolute atomic E-state index is 11.8. The van der Waals surface area contributed by atoms with Crippen LogP contribution in [-0.4, -0.2) is 19.1 Å². The zero-order valence-corrected chi connectivity index (χ0v) is 9.03. The second-order valence-corrected chi connectivity index (χ2v) is 3.97. The van der Waals surface area contributed by atoms with Gasteiger partial charge in [-0.15, -0.1) is 0 Å². The van der Waals surface area contributed by atoms with Crippen LogP contribution in [0.1, 0.15) is 19.8 Å². The van der Waals surface area contributed by atoms with Crippen molar-refractivity contribution in [2.24, 2.45) is 11.8 Å². The fourth-order valence-electron chi connectivity index (χ4n) is 2.33. The average molecular weight is 207 g/mol. The van der Waals surface area contributed by atoms with Crippen molar-refractivity contribution in [2.75, 3.05) is 13.2 Å². The Morgan fingerprint density at radius 1 is 1.67 bits per heavy atom. The van der Waals surface area contributed by atoms with E-state index in [-0.39, 0.29) is 11.9 Å². The van der Waals surface area contributed by atoms with Crippen LogP contribution >= 0.6 is 0 Å². The van der Waals surface area contributed by atoms with Gasteiger partial charge in [0, 0.05) is 18.2 Å². The predicted octanol–water partition coefficient (Wildman–Crippen LogP) is 1.62. The van der Waals surface area contributed by atoms with Crippen LogP contribution in [0.3, 0.4) is 0 Å². The molecule has 0 saturated carbocycles. The SMILES string of the molecule is CCOC(=O)C1CC=CC=C2NCCC21. The summed E-state index contributed by atoms with van der Waals surface area (Å²) in [6.07, 6.45) is 7.99. The molecule has 2 atom stereocenters. The van der Waals surface area contributed by atoms with Crippen LogP contribution in [0.4, 0.5) is 0 Å². The van der Waals surface area contributed by atoms with Crippen molar-refractivity contribution in [1.29, 1.82) is 0 Å². The molecule has 0 aromatic heterocycles. The zero-order valence-electron chi connectivity index (χ0n) is 9.03. The number of carbonyl (C=O) groups is 1. The van der Waals surface area contributed by atoms with Gasteiger partial charge in [0.05, 0.1) is 12.5 Å². The van der Waals surface area contributed by atoms with Crippen molar-refractivity contribution in [3.8, 4) is 0 Å². The Kier molecular flexibility index (Phi) is 3.09. The fourth-order valence-corrected chi connectivity index (χ4v) is 2.33. The molecule has 1 N–H and O–H groups in total. The van der Waals surface area contributed by atoms with E-state index in [4.69, 9.17) is 4.74 Å². The van der Waals surface area contributed by atoms with E-state index in [0.29, 0.717) is 12.5 Å². The van der Waals surface area contributed by atoms with Crippen molar-refractivity contribution < 1.29 is 9.53 Å². The molecule has 2 unspecified atom stereocenters. The van der Waals surface area contributed by atoms with Crippen molar-refractivity contribution in [1.82, 2.24) is 5.32 Å². The highest BCUT2D eigenvalue weighted by molar-refractivity contribution is 5.73. The molecule has 1 aliphatic heterocycles. The summed E-state index contributed by atoms with van der Waals surface area (Å²) in [6.45, 7) is 3.30. The maximum atomic E-state index is 11.8. The first-order chi connectivity index (χ1) is 7.33. The summed E-state index contributed by atoms with van der Waals surface area (Å²) in [4.78, 5) is 11.8. The van der Waals surface area contributed by atoms with Crippen molar-refractivity contribution in [3.05, 3.63) is 23.9 Å². The molecule has 2 rings (SSSR count). The second kappa shape index (κ2) is 4.51. The Morgan fingerprint density at radius 3 is 3.33 bits per heavy atom. The number of allylic oxidation sites excluding steroid dienone is 4. The first kappa shape index (κ1) is 10.3. The fraction of sp³-hybridized carbons (Fsp3) is 0.583. The van der Waals surface area contributed by atoms with E-state index in [1.165, 1.54) is 5.70 Å². The van der Waals surface area contributed by atoms with Crippen LogP contribution < -0.4 is 5.32 Å². The van der Waals surface area contributed by atoms with Gasteiger partial charge in [-0.1, -0.05) is 12.2 Å². The third kappa shape index (κ3) is 2.06. The standard InChI is InChI=1S/C12H17NO2/c1-2-15-12(14)10-5-3-4-6-11-9(10)7-8-13-11/h3-4,6,9-10,13H,2,5,7-8H2,1H3. The van der Waals surface area contributed by atoms with Crippen LogP contribution in [0.15, 0.2) is 23.9 Å². The van der Waals surface area contributed by atoms with Gasteiger partial charge < -0.3 is 10.1 Å². The summed E-state index contributed by atoms with van der Waals surface area (Å²) in [5.74, 6) is 0.285. The minimum atomic E-state index is -0.0522. The molecule has 15 heavy (non-hydrogen) atoms. The largest absolute Gasteiger partial charge is 0.466 e. The third-order valence-electron chi connectivity index (χ3n) is 3.06. The van der Waals surface area contributed by atoms with E-state index in [1.807, 2.05) is 13.0 Å². The number of carbonyl (C=O) groups excluding carboxylic acids is 1. The second-order valence-electron chi connectivity index (χ2n) is 3.97. The van der Waals surface area contributed by atoms with Gasteiger partial charge in [-0.3, -0.25) is 4.79 Å². The summed E-state index contributed by atoms with van der Waals surface area (Å²) in [7, 11) is 0. The van der Waals surface area contributed by atoms with Crippen molar-refractivity contribution >= 4 is 5.97 Å². The molecule has 1 aliphatic carbocycles. The van der Waals surface area contributed by atoms with Gasteiger partial charge in [0.15, 0.2) is 0 Å². The zero-order chi connectivity index (χ0) is 10.7. The Balaban J connectivity index is 2.13. The minimum Gasteiger partial charge on any atom is -0.466 e. The van der Waals surface area contributed by atoms with Gasteiger partial charge in [-0.05, 0) is 25.8 Å². The topological polar surface area (TPSA) is 38.3 Å². The van der Waals surface area contributed by atoms with Gasteiger partial charge in [-0.25, -0.2) is 0 Å². The van der Waals surface area contributed by atoms with Crippen molar-refractivity contribution in [3.63, 3.8) is 0 Å². The van der Waals surface area contributed by atoms with E-state index in [1.54, 1.807) is 0 Å². The molecule has 1 heterocycles. The lowest BCUT2D eigenvalue weighted by Crippen LogP contribution is -2.25. The van der Waals surface area contributed by atoms with Gasteiger partial charge in [0.25, 0.3) is 0 Å². The Morgan fingerprint density at radius 2 is 2.53 bits per heavy atom. The minimum absolute atomic E-state index is 0.00458. The molecule has 0 radical (unpaired) electrons. The number of esters is 1. The molecule has 0 aromatic carbocycles. The summed E-state index contributed by atoms with van der Waals surface area (Å²) in [5, 5.41) is 3.33. The lowest BCUT2D eigenvalue weighted by Gasteiger charge is -2.19. The molecular formula is C12H17NO2. The normalized spacial score (nSPS) is 28.7. The summed E-state index contributed by atoms with van der Waals surface area (Å²) < 4.78 is 5.12. The van der Waals surface area contributed by atoms with Crippen LogP contribution in [0, 0.1) is 11.8 Å². The maximum Gasteiger partial charge on any atom is 0.309 e. The van der Waals surface area contributed by atoms with Crippen LogP contribution in [0.25, 0.3) is 0 Å². The number of hydrogen-bond donors (Lipinski definition) is 1. The highest BCUT2D eigenvalue weighted by atomic mass is 16.5. The molecule has 0 amide bonds. The summed E-state index contributed by atoms with van der Waals surface area (Å²) >= 11 is 0. The Hall–Kier alpha value is -1.25. The molecule has 0 bridgehead atoms. The van der Waals surface area contributed by atoms with Gasteiger partial charge in [-0.2, -0.15) is 0 Å². The number of rotatable bonds is 2. The number of hydrogen-bond acceptors (Lipinski definition) is 3. The van der Waals surface area contributed by atoms with Gasteiger partial charge >= 0.3 is 5.97 Å². The molecule has 2 aliphatic rings. The molecule has 0 aromatic rings. The molecule has 82 valence electrons. The summed E-state index contributed by atoms with van der Waals surface area (Å²) in [6, 6.07) is 0. The molecule has 3 heteroatoms. The molecule has 0 spiro atoms. The van der Waals surface area contributed by atoms with E-state index in [0.717, 1.165) is 19.4 Å². The predicted molar refractivity (Wildman–Crippen MR) is 58.1 cm³/mol. The summed E-state index contributed by atoms with van der Waals surface area (Å²) in [5.41, 5.74) is 1.20. The quantitative estimate of drug-likeness (QED) is 0.699. The van der Waals surface area contributed by atoms with E-state index < -0.39 is 0 Å². The third-order valence-corrected chi connectivity index (χ3v) is 3.06.